The van der Waals surface area contributed by atoms with Gasteiger partial charge in [0, 0.05) is 25.9 Å². The lowest BCUT2D eigenvalue weighted by Gasteiger charge is -2.11. The highest BCUT2D eigenvalue weighted by atomic mass is 16.5. The number of carbonyl (C=O) groups is 1. The first-order valence-corrected chi connectivity index (χ1v) is 7.62. The van der Waals surface area contributed by atoms with Crippen molar-refractivity contribution in [3.8, 4) is 22.7 Å². The van der Waals surface area contributed by atoms with E-state index >= 15 is 0 Å². The second-order valence-electron chi connectivity index (χ2n) is 5.57. The number of hydrogen-bond donors (Lipinski definition) is 0. The van der Waals surface area contributed by atoms with E-state index < -0.39 is 0 Å². The second kappa shape index (κ2) is 6.58. The molecule has 0 aliphatic carbocycles. The van der Waals surface area contributed by atoms with Gasteiger partial charge >= 0.3 is 0 Å². The molecule has 3 rings (SSSR count). The van der Waals surface area contributed by atoms with Gasteiger partial charge in [-0.3, -0.25) is 4.79 Å². The van der Waals surface area contributed by atoms with Crippen LogP contribution in [0.25, 0.3) is 16.9 Å². The van der Waals surface area contributed by atoms with Crippen molar-refractivity contribution in [3.63, 3.8) is 0 Å². The number of nitrogens with zero attached hydrogens (tertiary/aromatic N) is 3. The van der Waals surface area contributed by atoms with Gasteiger partial charge in [0.2, 0.25) is 0 Å². The minimum atomic E-state index is -0.0990. The molecular weight excluding hydrogens is 302 g/mol. The van der Waals surface area contributed by atoms with Gasteiger partial charge in [0.05, 0.1) is 18.4 Å². The average molecular weight is 321 g/mol. The summed E-state index contributed by atoms with van der Waals surface area (Å²) in [6.07, 6.45) is 1.76. The lowest BCUT2D eigenvalue weighted by molar-refractivity contribution is 0.0828. The molecular formula is C19H19N3O2. The summed E-state index contributed by atoms with van der Waals surface area (Å²) in [6.45, 7) is 0. The third kappa shape index (κ3) is 2.88. The lowest BCUT2D eigenvalue weighted by atomic mass is 10.1. The van der Waals surface area contributed by atoms with Crippen LogP contribution in [0.4, 0.5) is 0 Å². The van der Waals surface area contributed by atoms with E-state index in [2.05, 4.69) is 5.10 Å². The first-order valence-electron chi connectivity index (χ1n) is 7.62. The number of aromatic nitrogens is 2. The maximum Gasteiger partial charge on any atom is 0.257 e. The normalized spacial score (nSPS) is 10.5. The van der Waals surface area contributed by atoms with E-state index in [1.54, 1.807) is 37.0 Å². The summed E-state index contributed by atoms with van der Waals surface area (Å²) in [6, 6.07) is 17.3. The topological polar surface area (TPSA) is 47.4 Å². The highest BCUT2D eigenvalue weighted by Gasteiger charge is 2.22. The Morgan fingerprint density at radius 2 is 1.71 bits per heavy atom. The van der Waals surface area contributed by atoms with Gasteiger partial charge in [-0.15, -0.1) is 0 Å². The largest absolute Gasteiger partial charge is 0.496 e. The molecule has 5 nitrogen and oxygen atoms in total. The number of rotatable bonds is 4. The summed E-state index contributed by atoms with van der Waals surface area (Å²) in [5.41, 5.74) is 2.83. The number of para-hydroxylation sites is 2. The maximum atomic E-state index is 12.6. The van der Waals surface area contributed by atoms with Gasteiger partial charge in [-0.25, -0.2) is 4.68 Å². The molecule has 2 aromatic carbocycles. The number of ether oxygens (including phenoxy) is 1. The van der Waals surface area contributed by atoms with E-state index in [0.717, 1.165) is 11.3 Å². The van der Waals surface area contributed by atoms with Gasteiger partial charge in [0.1, 0.15) is 11.4 Å². The van der Waals surface area contributed by atoms with Gasteiger partial charge in [-0.1, -0.05) is 30.3 Å². The predicted octanol–water partition coefficient (Wildman–Crippen LogP) is 3.25. The van der Waals surface area contributed by atoms with Crippen molar-refractivity contribution in [2.75, 3.05) is 21.2 Å². The van der Waals surface area contributed by atoms with Gasteiger partial charge in [-0.05, 0) is 24.3 Å². The predicted molar refractivity (Wildman–Crippen MR) is 93.6 cm³/mol. The molecule has 0 aliphatic heterocycles. The van der Waals surface area contributed by atoms with Crippen molar-refractivity contribution in [1.82, 2.24) is 14.7 Å². The third-order valence-electron chi connectivity index (χ3n) is 3.73. The Morgan fingerprint density at radius 1 is 1.04 bits per heavy atom. The molecule has 0 saturated heterocycles. The molecule has 1 aromatic heterocycles. The van der Waals surface area contributed by atoms with E-state index in [9.17, 15) is 4.79 Å². The number of hydrogen-bond acceptors (Lipinski definition) is 3. The molecule has 1 amide bonds. The van der Waals surface area contributed by atoms with Crippen LogP contribution in [0, 0.1) is 0 Å². The SMILES string of the molecule is COc1ccccc1-c1nn(-c2ccccc2)cc1C(=O)N(C)C. The highest BCUT2D eigenvalue weighted by Crippen LogP contribution is 2.32. The van der Waals surface area contributed by atoms with Crippen LogP contribution in [0.2, 0.25) is 0 Å². The van der Waals surface area contributed by atoms with E-state index in [1.165, 1.54) is 0 Å². The van der Waals surface area contributed by atoms with Crippen LogP contribution in [0.15, 0.2) is 60.8 Å². The number of carbonyl (C=O) groups excluding carboxylic acids is 1. The first kappa shape index (κ1) is 15.8. The summed E-state index contributed by atoms with van der Waals surface area (Å²) in [5, 5.41) is 4.65. The molecule has 0 fully saturated rings. The van der Waals surface area contributed by atoms with Crippen LogP contribution in [-0.2, 0) is 0 Å². The molecule has 0 saturated carbocycles. The summed E-state index contributed by atoms with van der Waals surface area (Å²) >= 11 is 0. The van der Waals surface area contributed by atoms with Gasteiger partial charge in [0.15, 0.2) is 0 Å². The van der Waals surface area contributed by atoms with Gasteiger partial charge in [0.25, 0.3) is 5.91 Å². The molecule has 3 aromatic rings. The molecule has 0 N–H and O–H groups in total. The number of benzene rings is 2. The Bertz CT molecular complexity index is 854. The fraction of sp³-hybridized carbons (Fsp3) is 0.158. The Hall–Kier alpha value is -3.08. The first-order chi connectivity index (χ1) is 11.6. The fourth-order valence-electron chi connectivity index (χ4n) is 2.52. The molecule has 0 aliphatic rings. The molecule has 0 spiro atoms. The Balaban J connectivity index is 2.20. The lowest BCUT2D eigenvalue weighted by Crippen LogP contribution is -2.21. The van der Waals surface area contributed by atoms with Crippen molar-refractivity contribution >= 4 is 5.91 Å². The van der Waals surface area contributed by atoms with Crippen LogP contribution in [0.3, 0.4) is 0 Å². The summed E-state index contributed by atoms with van der Waals surface area (Å²) in [5.74, 6) is 0.585. The molecule has 0 atom stereocenters. The minimum absolute atomic E-state index is 0.0990. The van der Waals surface area contributed by atoms with Crippen LogP contribution in [-0.4, -0.2) is 41.8 Å². The maximum absolute atomic E-state index is 12.6. The third-order valence-corrected chi connectivity index (χ3v) is 3.73. The van der Waals surface area contributed by atoms with Gasteiger partial charge in [-0.2, -0.15) is 5.10 Å². The van der Waals surface area contributed by atoms with Crippen LogP contribution in [0.5, 0.6) is 5.75 Å². The summed E-state index contributed by atoms with van der Waals surface area (Å²) in [4.78, 5) is 14.2. The zero-order chi connectivity index (χ0) is 17.1. The van der Waals surface area contributed by atoms with Crippen molar-refractivity contribution in [1.29, 1.82) is 0 Å². The summed E-state index contributed by atoms with van der Waals surface area (Å²) < 4.78 is 7.16. The van der Waals surface area contributed by atoms with Crippen LogP contribution < -0.4 is 4.74 Å². The highest BCUT2D eigenvalue weighted by molar-refractivity contribution is 6.00. The zero-order valence-corrected chi connectivity index (χ0v) is 13.9. The van der Waals surface area contributed by atoms with E-state index in [1.807, 2.05) is 54.6 Å². The number of methoxy groups -OCH3 is 1. The van der Waals surface area contributed by atoms with Crippen LogP contribution >= 0.6 is 0 Å². The zero-order valence-electron chi connectivity index (χ0n) is 13.9. The Kier molecular flexibility index (Phi) is 4.33. The van der Waals surface area contributed by atoms with Gasteiger partial charge < -0.3 is 9.64 Å². The minimum Gasteiger partial charge on any atom is -0.496 e. The van der Waals surface area contributed by atoms with E-state index in [-0.39, 0.29) is 5.91 Å². The monoisotopic (exact) mass is 321 g/mol. The molecule has 5 heteroatoms. The molecule has 1 heterocycles. The van der Waals surface area contributed by atoms with Crippen molar-refractivity contribution in [2.24, 2.45) is 0 Å². The smallest absolute Gasteiger partial charge is 0.257 e. The van der Waals surface area contributed by atoms with E-state index in [4.69, 9.17) is 4.74 Å². The van der Waals surface area contributed by atoms with Crippen molar-refractivity contribution in [3.05, 3.63) is 66.4 Å². The summed E-state index contributed by atoms with van der Waals surface area (Å²) in [7, 11) is 5.07. The van der Waals surface area contributed by atoms with E-state index in [0.29, 0.717) is 17.0 Å². The second-order valence-corrected chi connectivity index (χ2v) is 5.57. The Labute approximate surface area is 141 Å². The average Bonchev–Trinajstić information content (AvgIpc) is 3.06. The molecule has 0 radical (unpaired) electrons. The van der Waals surface area contributed by atoms with Crippen molar-refractivity contribution < 1.29 is 9.53 Å². The fourth-order valence-corrected chi connectivity index (χ4v) is 2.52. The van der Waals surface area contributed by atoms with Crippen molar-refractivity contribution in [2.45, 2.75) is 0 Å². The molecule has 0 bridgehead atoms. The molecule has 24 heavy (non-hydrogen) atoms. The standard InChI is InChI=1S/C19H19N3O2/c1-21(2)19(23)16-13-22(14-9-5-4-6-10-14)20-18(16)15-11-7-8-12-17(15)24-3/h4-13H,1-3H3. The van der Waals surface area contributed by atoms with Crippen LogP contribution in [0.1, 0.15) is 10.4 Å². The molecule has 0 unspecified atom stereocenters. The number of amides is 1. The molecule has 122 valence electrons. The Morgan fingerprint density at radius 3 is 2.38 bits per heavy atom. The quantitative estimate of drug-likeness (QED) is 0.741.